The number of rotatable bonds is 20. The molecule has 0 aliphatic rings. The fourth-order valence-corrected chi connectivity index (χ4v) is 5.50. The summed E-state index contributed by atoms with van der Waals surface area (Å²) in [7, 11) is 0. The fraction of sp³-hybridized carbons (Fsp3) is 0.395. The number of carbonyl (C=O) groups excluding carboxylic acids is 2. The maximum absolute atomic E-state index is 13.1. The molecule has 0 bridgehead atoms. The highest BCUT2D eigenvalue weighted by Gasteiger charge is 2.36. The highest BCUT2D eigenvalue weighted by atomic mass is 16.6. The second-order valence-electron chi connectivity index (χ2n) is 11.4. The Labute approximate surface area is 271 Å². The molecule has 0 aromatic heterocycles. The van der Waals surface area contributed by atoms with Crippen LogP contribution in [0.2, 0.25) is 0 Å². The van der Waals surface area contributed by atoms with E-state index in [1.165, 1.54) is 32.7 Å². The summed E-state index contributed by atoms with van der Waals surface area (Å²) in [6.07, 6.45) is 3.74. The lowest BCUT2D eigenvalue weighted by Crippen LogP contribution is -2.49. The lowest BCUT2D eigenvalue weighted by Gasteiger charge is -2.23. The molecule has 0 radical (unpaired) electrons. The molecule has 0 spiro atoms. The van der Waals surface area contributed by atoms with Gasteiger partial charge < -0.3 is 24.6 Å². The maximum Gasteiger partial charge on any atom is 0.336 e. The van der Waals surface area contributed by atoms with E-state index in [0.29, 0.717) is 13.0 Å². The Bertz CT molecular complexity index is 1570. The normalized spacial score (nSPS) is 12.5. The van der Waals surface area contributed by atoms with Crippen molar-refractivity contribution in [3.8, 4) is 0 Å². The molecular formula is C38H45NO7. The van der Waals surface area contributed by atoms with E-state index in [4.69, 9.17) is 14.2 Å². The van der Waals surface area contributed by atoms with Gasteiger partial charge in [-0.2, -0.15) is 0 Å². The molecule has 4 aromatic carbocycles. The van der Waals surface area contributed by atoms with Gasteiger partial charge in [-0.25, -0.2) is 9.59 Å². The predicted molar refractivity (Wildman–Crippen MR) is 180 cm³/mol. The molecule has 46 heavy (non-hydrogen) atoms. The molecule has 4 rings (SSSR count). The highest BCUT2D eigenvalue weighted by molar-refractivity contribution is 5.88. The number of carboxylic acid groups (broad SMARTS) is 1. The number of nitrogens with one attached hydrogen (secondary N) is 1. The summed E-state index contributed by atoms with van der Waals surface area (Å²) >= 11 is 0. The number of aliphatic carboxylic acids is 1. The van der Waals surface area contributed by atoms with Crippen molar-refractivity contribution in [3.05, 3.63) is 96.1 Å². The summed E-state index contributed by atoms with van der Waals surface area (Å²) in [5.74, 6) is -2.62. The summed E-state index contributed by atoms with van der Waals surface area (Å²) in [5.41, 5.74) is 2.52. The average molecular weight is 628 g/mol. The number of ether oxygens (including phenoxy) is 3. The number of benzene rings is 4. The summed E-state index contributed by atoms with van der Waals surface area (Å²) < 4.78 is 16.1. The highest BCUT2D eigenvalue weighted by Crippen LogP contribution is 2.19. The summed E-state index contributed by atoms with van der Waals surface area (Å²) in [6, 6.07) is 29.5. The van der Waals surface area contributed by atoms with E-state index >= 15 is 0 Å². The summed E-state index contributed by atoms with van der Waals surface area (Å²) in [6.45, 7) is 1.77. The van der Waals surface area contributed by atoms with Crippen LogP contribution in [0.15, 0.2) is 84.9 Å². The third-order valence-electron chi connectivity index (χ3n) is 7.94. The van der Waals surface area contributed by atoms with Crippen LogP contribution < -0.4 is 5.32 Å². The Morgan fingerprint density at radius 1 is 0.674 bits per heavy atom. The van der Waals surface area contributed by atoms with E-state index < -0.39 is 36.7 Å². The van der Waals surface area contributed by atoms with Crippen molar-refractivity contribution < 1.29 is 33.7 Å². The van der Waals surface area contributed by atoms with Crippen LogP contribution in [0.3, 0.4) is 0 Å². The van der Waals surface area contributed by atoms with Gasteiger partial charge in [0.15, 0.2) is 12.2 Å². The Morgan fingerprint density at radius 3 is 1.80 bits per heavy atom. The number of carboxylic acids is 1. The van der Waals surface area contributed by atoms with Gasteiger partial charge in [0.1, 0.15) is 6.61 Å². The van der Waals surface area contributed by atoms with Gasteiger partial charge in [-0.1, -0.05) is 97.8 Å². The first kappa shape index (κ1) is 34.6. The molecule has 2 unspecified atom stereocenters. The number of hydrogen-bond acceptors (Lipinski definition) is 6. The van der Waals surface area contributed by atoms with E-state index in [9.17, 15) is 19.5 Å². The van der Waals surface area contributed by atoms with Crippen molar-refractivity contribution >= 4 is 39.4 Å². The van der Waals surface area contributed by atoms with Gasteiger partial charge in [-0.05, 0) is 78.1 Å². The minimum absolute atomic E-state index is 0.149. The van der Waals surface area contributed by atoms with Gasteiger partial charge in [-0.15, -0.1) is 0 Å². The molecule has 0 saturated carbocycles. The van der Waals surface area contributed by atoms with E-state index in [2.05, 4.69) is 66.0 Å². The molecule has 244 valence electrons. The monoisotopic (exact) mass is 627 g/mol. The lowest BCUT2D eigenvalue weighted by atomic mass is 10.0. The second kappa shape index (κ2) is 18.6. The molecule has 1 amide bonds. The first-order valence-corrected chi connectivity index (χ1v) is 16.3. The SMILES string of the molecule is CCOC(=O)COC(C(=O)NCCCCCc1ccc2ccccc2c1)C(OCCCCCc1ccc2ccccc2c1)C(=O)O. The molecule has 4 aromatic rings. The van der Waals surface area contributed by atoms with Gasteiger partial charge in [0.2, 0.25) is 0 Å². The van der Waals surface area contributed by atoms with Gasteiger partial charge in [0, 0.05) is 13.2 Å². The van der Waals surface area contributed by atoms with Gasteiger partial charge in [0.05, 0.1) is 6.61 Å². The van der Waals surface area contributed by atoms with Crippen molar-refractivity contribution in [1.29, 1.82) is 0 Å². The largest absolute Gasteiger partial charge is 0.479 e. The van der Waals surface area contributed by atoms with Crippen molar-refractivity contribution in [2.45, 2.75) is 70.5 Å². The molecule has 0 aliphatic carbocycles. The third-order valence-corrected chi connectivity index (χ3v) is 7.94. The third kappa shape index (κ3) is 11.0. The number of esters is 1. The maximum atomic E-state index is 13.1. The van der Waals surface area contributed by atoms with Crippen molar-refractivity contribution in [3.63, 3.8) is 0 Å². The quantitative estimate of drug-likeness (QED) is 0.0834. The van der Waals surface area contributed by atoms with Crippen molar-refractivity contribution in [1.82, 2.24) is 5.32 Å². The molecule has 0 heterocycles. The first-order chi connectivity index (χ1) is 22.4. The topological polar surface area (TPSA) is 111 Å². The van der Waals surface area contributed by atoms with Crippen molar-refractivity contribution in [2.75, 3.05) is 26.4 Å². The Hall–Kier alpha value is -4.27. The van der Waals surface area contributed by atoms with E-state index in [1.54, 1.807) is 6.92 Å². The second-order valence-corrected chi connectivity index (χ2v) is 11.4. The smallest absolute Gasteiger partial charge is 0.336 e. The van der Waals surface area contributed by atoms with E-state index in [1.807, 2.05) is 24.3 Å². The van der Waals surface area contributed by atoms with Crippen molar-refractivity contribution in [2.24, 2.45) is 0 Å². The van der Waals surface area contributed by atoms with Crippen LogP contribution in [0, 0.1) is 0 Å². The number of fused-ring (bicyclic) bond motifs is 2. The lowest BCUT2D eigenvalue weighted by molar-refractivity contribution is -0.173. The van der Waals surface area contributed by atoms with Gasteiger partial charge in [-0.3, -0.25) is 4.79 Å². The molecular weight excluding hydrogens is 582 g/mol. The van der Waals surface area contributed by atoms with Crippen LogP contribution in [0.5, 0.6) is 0 Å². The number of aryl methyl sites for hydroxylation is 2. The zero-order chi connectivity index (χ0) is 32.6. The summed E-state index contributed by atoms with van der Waals surface area (Å²) in [4.78, 5) is 37.2. The minimum Gasteiger partial charge on any atom is -0.479 e. The standard InChI is InChI=1S/C38H45NO7/c1-2-44-34(40)27-46-35(37(41)39-23-11-3-5-13-28-19-21-30-15-7-9-17-32(30)25-28)36(38(42)43)45-24-12-4-6-14-29-20-22-31-16-8-10-18-33(31)26-29/h7-10,15-22,25-26,35-36H,2-6,11-14,23-24,27H2,1H3,(H,39,41)(H,42,43). The predicted octanol–water partition coefficient (Wildman–Crippen LogP) is 6.65. The molecule has 2 N–H and O–H groups in total. The van der Waals surface area contributed by atoms with Crippen LogP contribution in [0.25, 0.3) is 21.5 Å². The number of hydrogen-bond donors (Lipinski definition) is 2. The Balaban J connectivity index is 1.21. The molecule has 8 heteroatoms. The average Bonchev–Trinajstić information content (AvgIpc) is 3.06. The Kier molecular flexibility index (Phi) is 14.0. The summed E-state index contributed by atoms with van der Waals surface area (Å²) in [5, 5.41) is 17.5. The molecule has 2 atom stereocenters. The van der Waals surface area contributed by atoms with Crippen LogP contribution in [-0.4, -0.2) is 61.5 Å². The molecule has 0 aliphatic heterocycles. The number of carbonyl (C=O) groups is 3. The minimum atomic E-state index is -1.55. The van der Waals surface area contributed by atoms with Crippen LogP contribution in [0.1, 0.15) is 56.6 Å². The zero-order valence-electron chi connectivity index (χ0n) is 26.6. The molecule has 8 nitrogen and oxygen atoms in total. The van der Waals surface area contributed by atoms with Gasteiger partial charge in [0.25, 0.3) is 5.91 Å². The van der Waals surface area contributed by atoms with Crippen LogP contribution in [-0.2, 0) is 41.4 Å². The Morgan fingerprint density at radius 2 is 1.24 bits per heavy atom. The van der Waals surface area contributed by atoms with Crippen LogP contribution in [0.4, 0.5) is 0 Å². The first-order valence-electron chi connectivity index (χ1n) is 16.3. The van der Waals surface area contributed by atoms with E-state index in [-0.39, 0.29) is 13.2 Å². The number of amides is 1. The number of unbranched alkanes of at least 4 members (excludes halogenated alkanes) is 4. The zero-order valence-corrected chi connectivity index (χ0v) is 26.6. The fourth-order valence-electron chi connectivity index (χ4n) is 5.50. The van der Waals surface area contributed by atoms with E-state index in [0.717, 1.165) is 44.9 Å². The molecule has 0 saturated heterocycles. The molecule has 0 fully saturated rings. The van der Waals surface area contributed by atoms with Gasteiger partial charge >= 0.3 is 11.9 Å². The van der Waals surface area contributed by atoms with Crippen LogP contribution >= 0.6 is 0 Å².